The van der Waals surface area contributed by atoms with Crippen LogP contribution in [0.1, 0.15) is 0 Å². The van der Waals surface area contributed by atoms with Crippen molar-refractivity contribution in [2.45, 2.75) is 0 Å². The second-order valence-electron chi connectivity index (χ2n) is 15.5. The molecule has 2 heterocycles. The lowest BCUT2D eigenvalue weighted by atomic mass is 9.84. The van der Waals surface area contributed by atoms with E-state index in [-0.39, 0.29) is 0 Å². The predicted octanol–water partition coefficient (Wildman–Crippen LogP) is 15.5. The van der Waals surface area contributed by atoms with Crippen molar-refractivity contribution in [3.8, 4) is 50.2 Å². The summed E-state index contributed by atoms with van der Waals surface area (Å²) in [7, 11) is 0. The number of para-hydroxylation sites is 1. The van der Waals surface area contributed by atoms with Crippen LogP contribution in [0.15, 0.2) is 219 Å². The third kappa shape index (κ3) is 5.45. The summed E-state index contributed by atoms with van der Waals surface area (Å²) in [4.78, 5) is 4.42. The van der Waals surface area contributed by atoms with Gasteiger partial charge in [-0.3, -0.25) is 4.98 Å². The van der Waals surface area contributed by atoms with Crippen LogP contribution in [-0.2, 0) is 0 Å². The summed E-state index contributed by atoms with van der Waals surface area (Å²) in [5.41, 5.74) is 13.2. The van der Waals surface area contributed by atoms with Crippen LogP contribution in [0.4, 0.5) is 0 Å². The van der Waals surface area contributed by atoms with Crippen molar-refractivity contribution in [1.29, 1.82) is 0 Å². The van der Waals surface area contributed by atoms with Crippen LogP contribution in [0.5, 0.6) is 0 Å². The summed E-state index contributed by atoms with van der Waals surface area (Å²) in [6.07, 6.45) is 3.84. The topological polar surface area (TPSA) is 17.8 Å². The summed E-state index contributed by atoms with van der Waals surface area (Å²) >= 11 is 0. The molecule has 0 aliphatic heterocycles. The van der Waals surface area contributed by atoms with Crippen molar-refractivity contribution in [3.05, 3.63) is 219 Å². The lowest BCUT2D eigenvalue weighted by Gasteiger charge is -2.19. The molecule has 10 aromatic carbocycles. The zero-order valence-electron chi connectivity index (χ0n) is 32.2. The second-order valence-corrected chi connectivity index (χ2v) is 15.5. The van der Waals surface area contributed by atoms with E-state index in [0.717, 1.165) is 11.2 Å². The number of rotatable bonds is 5. The number of nitrogens with zero attached hydrogens (tertiary/aromatic N) is 2. The maximum Gasteiger partial charge on any atom is 0.0571 e. The van der Waals surface area contributed by atoms with Gasteiger partial charge >= 0.3 is 0 Å². The Kier molecular flexibility index (Phi) is 7.57. The highest BCUT2D eigenvalue weighted by Gasteiger charge is 2.19. The minimum absolute atomic E-state index is 1.14. The molecule has 0 aliphatic rings. The number of hydrogen-bond acceptors (Lipinski definition) is 1. The van der Waals surface area contributed by atoms with Crippen molar-refractivity contribution in [2.24, 2.45) is 0 Å². The van der Waals surface area contributed by atoms with Crippen LogP contribution < -0.4 is 0 Å². The Morgan fingerprint density at radius 3 is 1.39 bits per heavy atom. The van der Waals surface area contributed by atoms with Crippen LogP contribution in [0.3, 0.4) is 0 Å². The Morgan fingerprint density at radius 2 is 0.746 bits per heavy atom. The minimum atomic E-state index is 1.14. The van der Waals surface area contributed by atoms with E-state index in [1.165, 1.54) is 104 Å². The Morgan fingerprint density at radius 1 is 0.288 bits per heavy atom. The quantitative estimate of drug-likeness (QED) is 0.160. The standard InChI is InChI=1S/C57H36N2/c1-3-11-42-33-45(23-21-37(42)9-1)56-49-14-5-6-15-50(49)57(46-24-22-38-10-2-4-12-43(38)34-46)52-35-44(27-30-51(52)56)41-19-17-39(18-20-41)40-25-28-47(29-26-40)59-54-16-8-7-13-48(54)53-36-58-32-31-55(53)59/h1-36H. The Hall–Kier alpha value is -7.81. The zero-order chi connectivity index (χ0) is 38.9. The fourth-order valence-electron chi connectivity index (χ4n) is 9.42. The second kappa shape index (κ2) is 13.4. The summed E-state index contributed by atoms with van der Waals surface area (Å²) in [6.45, 7) is 0. The molecule has 2 nitrogen and oxygen atoms in total. The van der Waals surface area contributed by atoms with Gasteiger partial charge in [-0.25, -0.2) is 0 Å². The van der Waals surface area contributed by atoms with E-state index >= 15 is 0 Å². The van der Waals surface area contributed by atoms with Crippen LogP contribution in [0.25, 0.3) is 115 Å². The molecule has 2 aromatic heterocycles. The highest BCUT2D eigenvalue weighted by atomic mass is 15.0. The van der Waals surface area contributed by atoms with Crippen LogP contribution in [0.2, 0.25) is 0 Å². The smallest absolute Gasteiger partial charge is 0.0571 e. The molecule has 2 heteroatoms. The fourth-order valence-corrected chi connectivity index (χ4v) is 9.42. The van der Waals surface area contributed by atoms with Gasteiger partial charge in [-0.2, -0.15) is 0 Å². The van der Waals surface area contributed by atoms with Crippen LogP contribution in [0, 0.1) is 0 Å². The van der Waals surface area contributed by atoms with E-state index < -0.39 is 0 Å². The number of pyridine rings is 1. The van der Waals surface area contributed by atoms with Gasteiger partial charge in [0.2, 0.25) is 0 Å². The zero-order valence-corrected chi connectivity index (χ0v) is 32.2. The number of aromatic nitrogens is 2. The molecule has 0 saturated heterocycles. The average molecular weight is 749 g/mol. The van der Waals surface area contributed by atoms with E-state index in [0.29, 0.717) is 0 Å². The maximum absolute atomic E-state index is 4.42. The molecule has 0 amide bonds. The lowest BCUT2D eigenvalue weighted by molar-refractivity contribution is 1.17. The van der Waals surface area contributed by atoms with Gasteiger partial charge in [-0.1, -0.05) is 164 Å². The van der Waals surface area contributed by atoms with Gasteiger partial charge in [-0.05, 0) is 130 Å². The van der Waals surface area contributed by atoms with E-state index in [9.17, 15) is 0 Å². The van der Waals surface area contributed by atoms with Gasteiger partial charge in [-0.15, -0.1) is 0 Å². The number of benzene rings is 10. The number of hydrogen-bond donors (Lipinski definition) is 0. The molecule has 0 N–H and O–H groups in total. The van der Waals surface area contributed by atoms with Gasteiger partial charge in [0.05, 0.1) is 11.0 Å². The Labute approximate surface area is 341 Å². The Bertz CT molecular complexity index is 3540. The molecule has 12 rings (SSSR count). The Balaban J connectivity index is 0.988. The maximum atomic E-state index is 4.42. The summed E-state index contributed by atoms with van der Waals surface area (Å²) in [5, 5.41) is 12.4. The van der Waals surface area contributed by atoms with Gasteiger partial charge in [0.1, 0.15) is 0 Å². The predicted molar refractivity (Wildman–Crippen MR) is 250 cm³/mol. The van der Waals surface area contributed by atoms with Crippen molar-refractivity contribution in [3.63, 3.8) is 0 Å². The highest BCUT2D eigenvalue weighted by molar-refractivity contribution is 6.22. The van der Waals surface area contributed by atoms with Crippen molar-refractivity contribution in [1.82, 2.24) is 9.55 Å². The first-order chi connectivity index (χ1) is 29.2. The molecule has 59 heavy (non-hydrogen) atoms. The summed E-state index contributed by atoms with van der Waals surface area (Å²) in [5.74, 6) is 0. The molecule has 274 valence electrons. The van der Waals surface area contributed by atoms with E-state index in [1.807, 2.05) is 12.4 Å². The third-order valence-electron chi connectivity index (χ3n) is 12.3. The summed E-state index contributed by atoms with van der Waals surface area (Å²) < 4.78 is 2.33. The molecular formula is C57H36N2. The first-order valence-electron chi connectivity index (χ1n) is 20.3. The molecule has 0 atom stereocenters. The molecule has 0 bridgehead atoms. The van der Waals surface area contributed by atoms with Crippen LogP contribution in [-0.4, -0.2) is 9.55 Å². The van der Waals surface area contributed by atoms with Crippen molar-refractivity contribution < 1.29 is 0 Å². The first-order valence-corrected chi connectivity index (χ1v) is 20.3. The van der Waals surface area contributed by atoms with E-state index in [1.54, 1.807) is 0 Å². The average Bonchev–Trinajstić information content (AvgIpc) is 3.65. The molecule has 0 radical (unpaired) electrons. The lowest BCUT2D eigenvalue weighted by Crippen LogP contribution is -1.93. The molecule has 12 aromatic rings. The molecule has 0 spiro atoms. The van der Waals surface area contributed by atoms with E-state index in [4.69, 9.17) is 0 Å². The molecule has 0 unspecified atom stereocenters. The summed E-state index contributed by atoms with van der Waals surface area (Å²) in [6, 6.07) is 75.8. The fraction of sp³-hybridized carbons (Fsp3) is 0. The first kappa shape index (κ1) is 33.3. The molecule has 0 aliphatic carbocycles. The SMILES string of the molecule is c1ccc2cc(-c3c4ccccc4c(-c4ccc5ccccc5c4)c4cc(-c5ccc(-c6ccc(-n7c8ccccc8c8cnccc87)cc6)cc5)ccc34)ccc2c1. The van der Waals surface area contributed by atoms with Gasteiger partial charge in [0.15, 0.2) is 0 Å². The largest absolute Gasteiger partial charge is 0.309 e. The molecule has 0 saturated carbocycles. The van der Waals surface area contributed by atoms with Gasteiger partial charge in [0, 0.05) is 28.9 Å². The van der Waals surface area contributed by atoms with Gasteiger partial charge in [0.25, 0.3) is 0 Å². The van der Waals surface area contributed by atoms with Crippen molar-refractivity contribution in [2.75, 3.05) is 0 Å². The third-order valence-corrected chi connectivity index (χ3v) is 12.3. The van der Waals surface area contributed by atoms with Crippen LogP contribution >= 0.6 is 0 Å². The number of fused-ring (bicyclic) bond motifs is 7. The minimum Gasteiger partial charge on any atom is -0.309 e. The molecule has 0 fully saturated rings. The monoisotopic (exact) mass is 748 g/mol. The highest BCUT2D eigenvalue weighted by Crippen LogP contribution is 2.46. The molecular weight excluding hydrogens is 713 g/mol. The van der Waals surface area contributed by atoms with E-state index in [2.05, 4.69) is 216 Å². The van der Waals surface area contributed by atoms with Crippen molar-refractivity contribution >= 4 is 64.9 Å². The van der Waals surface area contributed by atoms with Gasteiger partial charge < -0.3 is 4.57 Å². The normalized spacial score (nSPS) is 11.7.